The van der Waals surface area contributed by atoms with Crippen molar-refractivity contribution in [2.45, 2.75) is 6.92 Å². The van der Waals surface area contributed by atoms with E-state index in [-0.39, 0.29) is 0 Å². The Labute approximate surface area is 92.2 Å². The highest BCUT2D eigenvalue weighted by Gasteiger charge is 2.03. The van der Waals surface area contributed by atoms with Crippen molar-refractivity contribution in [3.63, 3.8) is 0 Å². The van der Waals surface area contributed by atoms with Gasteiger partial charge in [0.05, 0.1) is 5.69 Å². The zero-order chi connectivity index (χ0) is 10.7. The maximum absolute atomic E-state index is 5.92. The average Bonchev–Trinajstić information content (AvgIpc) is 2.71. The summed E-state index contributed by atoms with van der Waals surface area (Å²) in [6.07, 6.45) is 5.46. The zero-order valence-corrected chi connectivity index (χ0v) is 8.89. The molecule has 15 heavy (non-hydrogen) atoms. The lowest BCUT2D eigenvalue weighted by Crippen LogP contribution is -1.97. The van der Waals surface area contributed by atoms with Gasteiger partial charge in [-0.2, -0.15) is 4.68 Å². The Morgan fingerprint density at radius 1 is 1.40 bits per heavy atom. The fourth-order valence-electron chi connectivity index (χ4n) is 1.32. The number of benzene rings is 1. The SMILES string of the molecule is C/C=C/c1cc(Cl)ccc1-n1cnnn1. The molecule has 0 saturated carbocycles. The molecule has 0 aliphatic carbocycles. The van der Waals surface area contributed by atoms with Crippen LogP contribution in [0.2, 0.25) is 5.02 Å². The van der Waals surface area contributed by atoms with E-state index in [2.05, 4.69) is 15.5 Å². The molecule has 0 N–H and O–H groups in total. The number of rotatable bonds is 2. The second-order valence-corrected chi connectivity index (χ2v) is 3.39. The first-order valence-corrected chi connectivity index (χ1v) is 4.84. The Bertz CT molecular complexity index is 476. The van der Waals surface area contributed by atoms with Crippen LogP contribution in [0.3, 0.4) is 0 Å². The number of nitrogens with zero attached hydrogens (tertiary/aromatic N) is 4. The van der Waals surface area contributed by atoms with Crippen molar-refractivity contribution in [3.05, 3.63) is 41.2 Å². The first-order chi connectivity index (χ1) is 7.31. The van der Waals surface area contributed by atoms with Crippen molar-refractivity contribution < 1.29 is 0 Å². The van der Waals surface area contributed by atoms with Gasteiger partial charge < -0.3 is 0 Å². The van der Waals surface area contributed by atoms with E-state index in [1.54, 1.807) is 11.0 Å². The Hall–Kier alpha value is -1.68. The molecule has 1 aromatic heterocycles. The van der Waals surface area contributed by atoms with Crippen molar-refractivity contribution in [2.24, 2.45) is 0 Å². The first kappa shape index (κ1) is 9.86. The summed E-state index contributed by atoms with van der Waals surface area (Å²) in [6, 6.07) is 5.57. The molecule has 1 aromatic carbocycles. The normalized spacial score (nSPS) is 11.1. The molecule has 1 heterocycles. The van der Waals surface area contributed by atoms with Gasteiger partial charge in [-0.3, -0.25) is 0 Å². The Balaban J connectivity index is 2.56. The third kappa shape index (κ3) is 2.05. The smallest absolute Gasteiger partial charge is 0.143 e. The molecule has 0 fully saturated rings. The first-order valence-electron chi connectivity index (χ1n) is 4.47. The van der Waals surface area contributed by atoms with Crippen LogP contribution in [0.25, 0.3) is 11.8 Å². The molecule has 0 radical (unpaired) electrons. The summed E-state index contributed by atoms with van der Waals surface area (Å²) in [6.45, 7) is 1.95. The van der Waals surface area contributed by atoms with E-state index in [1.165, 1.54) is 0 Å². The fraction of sp³-hybridized carbons (Fsp3) is 0.100. The molecule has 0 amide bonds. The summed E-state index contributed by atoms with van der Waals surface area (Å²) < 4.78 is 1.60. The molecule has 0 spiro atoms. The van der Waals surface area contributed by atoms with Crippen LogP contribution in [0.1, 0.15) is 12.5 Å². The molecule has 76 valence electrons. The monoisotopic (exact) mass is 220 g/mol. The number of tetrazole rings is 1. The van der Waals surface area contributed by atoms with Crippen LogP contribution in [0.15, 0.2) is 30.6 Å². The standard InChI is InChI=1S/C10H9ClN4/c1-2-3-8-6-9(11)4-5-10(8)15-7-12-13-14-15/h2-7H,1H3/b3-2+. The molecule has 0 aliphatic heterocycles. The van der Waals surface area contributed by atoms with Crippen molar-refractivity contribution in [2.75, 3.05) is 0 Å². The third-order valence-electron chi connectivity index (χ3n) is 1.93. The van der Waals surface area contributed by atoms with Gasteiger partial charge in [0.1, 0.15) is 6.33 Å². The van der Waals surface area contributed by atoms with E-state index in [0.29, 0.717) is 5.02 Å². The quantitative estimate of drug-likeness (QED) is 0.780. The van der Waals surface area contributed by atoms with E-state index < -0.39 is 0 Å². The molecule has 2 aromatic rings. The minimum Gasteiger partial charge on any atom is -0.200 e. The summed E-state index contributed by atoms with van der Waals surface area (Å²) in [7, 11) is 0. The topological polar surface area (TPSA) is 43.6 Å². The largest absolute Gasteiger partial charge is 0.200 e. The van der Waals surface area contributed by atoms with Gasteiger partial charge in [-0.25, -0.2) is 0 Å². The van der Waals surface area contributed by atoms with Crippen molar-refractivity contribution >= 4 is 17.7 Å². The maximum atomic E-state index is 5.92. The summed E-state index contributed by atoms with van der Waals surface area (Å²) in [5.41, 5.74) is 1.89. The average molecular weight is 221 g/mol. The lowest BCUT2D eigenvalue weighted by molar-refractivity contribution is 0.788. The van der Waals surface area contributed by atoms with Crippen LogP contribution in [0.5, 0.6) is 0 Å². The van der Waals surface area contributed by atoms with Crippen LogP contribution in [-0.4, -0.2) is 20.2 Å². The zero-order valence-electron chi connectivity index (χ0n) is 8.13. The predicted molar refractivity (Wildman–Crippen MR) is 58.9 cm³/mol. The predicted octanol–water partition coefficient (Wildman–Crippen LogP) is 2.35. The van der Waals surface area contributed by atoms with Gasteiger partial charge in [0.2, 0.25) is 0 Å². The molecule has 5 heteroatoms. The van der Waals surface area contributed by atoms with Crippen LogP contribution in [-0.2, 0) is 0 Å². The van der Waals surface area contributed by atoms with Crippen molar-refractivity contribution in [1.29, 1.82) is 0 Å². The lowest BCUT2D eigenvalue weighted by Gasteiger charge is -2.04. The second kappa shape index (κ2) is 4.23. The van der Waals surface area contributed by atoms with Gasteiger partial charge in [-0.05, 0) is 35.5 Å². The van der Waals surface area contributed by atoms with Gasteiger partial charge in [0.25, 0.3) is 0 Å². The minimum atomic E-state index is 0.694. The molecule has 0 unspecified atom stereocenters. The van der Waals surface area contributed by atoms with E-state index in [1.807, 2.05) is 37.3 Å². The van der Waals surface area contributed by atoms with Gasteiger partial charge in [0.15, 0.2) is 0 Å². The van der Waals surface area contributed by atoms with Crippen molar-refractivity contribution in [3.8, 4) is 5.69 Å². The summed E-state index contributed by atoms with van der Waals surface area (Å²) in [5, 5.41) is 11.7. The second-order valence-electron chi connectivity index (χ2n) is 2.96. The summed E-state index contributed by atoms with van der Waals surface area (Å²) >= 11 is 5.92. The molecule has 4 nitrogen and oxygen atoms in total. The molecule has 0 atom stereocenters. The number of allylic oxidation sites excluding steroid dienone is 1. The maximum Gasteiger partial charge on any atom is 0.143 e. The minimum absolute atomic E-state index is 0.694. The van der Waals surface area contributed by atoms with Crippen molar-refractivity contribution in [1.82, 2.24) is 20.2 Å². The molecule has 2 rings (SSSR count). The van der Waals surface area contributed by atoms with Gasteiger partial charge in [-0.15, -0.1) is 5.10 Å². The van der Waals surface area contributed by atoms with Crippen LogP contribution >= 0.6 is 11.6 Å². The number of hydrogen-bond acceptors (Lipinski definition) is 3. The third-order valence-corrected chi connectivity index (χ3v) is 2.17. The lowest BCUT2D eigenvalue weighted by atomic mass is 10.1. The highest BCUT2D eigenvalue weighted by atomic mass is 35.5. The van der Waals surface area contributed by atoms with E-state index in [0.717, 1.165) is 11.3 Å². The van der Waals surface area contributed by atoms with E-state index in [9.17, 15) is 0 Å². The Kier molecular flexibility index (Phi) is 2.78. The number of aromatic nitrogens is 4. The van der Waals surface area contributed by atoms with E-state index >= 15 is 0 Å². The molecular formula is C10H9ClN4. The van der Waals surface area contributed by atoms with Gasteiger partial charge in [0, 0.05) is 10.6 Å². The van der Waals surface area contributed by atoms with Gasteiger partial charge >= 0.3 is 0 Å². The van der Waals surface area contributed by atoms with Gasteiger partial charge in [-0.1, -0.05) is 23.8 Å². The number of hydrogen-bond donors (Lipinski definition) is 0. The molecule has 0 bridgehead atoms. The summed E-state index contributed by atoms with van der Waals surface area (Å²) in [4.78, 5) is 0. The Morgan fingerprint density at radius 2 is 2.27 bits per heavy atom. The molecule has 0 saturated heterocycles. The fourth-order valence-corrected chi connectivity index (χ4v) is 1.50. The highest BCUT2D eigenvalue weighted by molar-refractivity contribution is 6.30. The van der Waals surface area contributed by atoms with Crippen LogP contribution < -0.4 is 0 Å². The molecule has 0 aliphatic rings. The molecular weight excluding hydrogens is 212 g/mol. The van der Waals surface area contributed by atoms with E-state index in [4.69, 9.17) is 11.6 Å². The Morgan fingerprint density at radius 3 is 2.93 bits per heavy atom. The van der Waals surface area contributed by atoms with Crippen LogP contribution in [0, 0.1) is 0 Å². The van der Waals surface area contributed by atoms with Crippen LogP contribution in [0.4, 0.5) is 0 Å². The number of halogens is 1. The highest BCUT2D eigenvalue weighted by Crippen LogP contribution is 2.19. The summed E-state index contributed by atoms with van der Waals surface area (Å²) in [5.74, 6) is 0.